The van der Waals surface area contributed by atoms with E-state index in [0.717, 1.165) is 49.7 Å². The number of piperazine rings is 1. The molecule has 0 spiro atoms. The monoisotopic (exact) mass is 400 g/mol. The van der Waals surface area contributed by atoms with Crippen molar-refractivity contribution in [1.82, 2.24) is 9.80 Å². The third kappa shape index (κ3) is 4.78. The SMILES string of the molecule is CCN1CCN(c2ccccc2NC(=O)N(C)C(C)c2ccc(Cl)cc2)CC1. The molecule has 0 aliphatic carbocycles. The molecular weight excluding hydrogens is 372 g/mol. The van der Waals surface area contributed by atoms with E-state index >= 15 is 0 Å². The number of para-hydroxylation sites is 2. The first-order chi connectivity index (χ1) is 13.5. The lowest BCUT2D eigenvalue weighted by Crippen LogP contribution is -2.46. The number of halogens is 1. The molecule has 1 atom stereocenters. The molecule has 1 fully saturated rings. The van der Waals surface area contributed by atoms with Crippen molar-refractivity contribution in [3.8, 4) is 0 Å². The number of hydrogen-bond donors (Lipinski definition) is 1. The zero-order valence-corrected chi connectivity index (χ0v) is 17.6. The van der Waals surface area contributed by atoms with Crippen molar-refractivity contribution in [1.29, 1.82) is 0 Å². The van der Waals surface area contributed by atoms with E-state index < -0.39 is 0 Å². The van der Waals surface area contributed by atoms with Gasteiger partial charge in [-0.25, -0.2) is 4.79 Å². The molecule has 1 saturated heterocycles. The highest BCUT2D eigenvalue weighted by atomic mass is 35.5. The standard InChI is InChI=1S/C22H29ClN4O/c1-4-26-13-15-27(16-14-26)21-8-6-5-7-20(21)24-22(28)25(3)17(2)18-9-11-19(23)12-10-18/h5-12,17H,4,13-16H2,1-3H3,(H,24,28). The lowest BCUT2D eigenvalue weighted by Gasteiger charge is -2.36. The molecule has 2 aromatic rings. The summed E-state index contributed by atoms with van der Waals surface area (Å²) in [5, 5.41) is 3.80. The van der Waals surface area contributed by atoms with Crippen LogP contribution >= 0.6 is 11.6 Å². The van der Waals surface area contributed by atoms with Gasteiger partial charge in [0.2, 0.25) is 0 Å². The molecule has 0 aromatic heterocycles. The fraction of sp³-hybridized carbons (Fsp3) is 0.409. The van der Waals surface area contributed by atoms with Crippen molar-refractivity contribution in [3.63, 3.8) is 0 Å². The fourth-order valence-corrected chi connectivity index (χ4v) is 3.63. The number of carbonyl (C=O) groups excluding carboxylic acids is 1. The molecule has 2 amide bonds. The Balaban J connectivity index is 1.69. The van der Waals surface area contributed by atoms with Crippen molar-refractivity contribution in [2.75, 3.05) is 50.0 Å². The van der Waals surface area contributed by atoms with E-state index in [1.54, 1.807) is 4.90 Å². The fourth-order valence-electron chi connectivity index (χ4n) is 3.50. The van der Waals surface area contributed by atoms with Crippen LogP contribution in [0, 0.1) is 0 Å². The molecule has 1 aliphatic heterocycles. The smallest absolute Gasteiger partial charge is 0.322 e. The van der Waals surface area contributed by atoms with E-state index in [1.807, 2.05) is 56.4 Å². The van der Waals surface area contributed by atoms with Gasteiger partial charge < -0.3 is 20.0 Å². The first-order valence-corrected chi connectivity index (χ1v) is 10.2. The van der Waals surface area contributed by atoms with Gasteiger partial charge in [-0.3, -0.25) is 0 Å². The third-order valence-electron chi connectivity index (χ3n) is 5.56. The topological polar surface area (TPSA) is 38.8 Å². The van der Waals surface area contributed by atoms with Crippen LogP contribution in [-0.2, 0) is 0 Å². The number of hydrogen-bond acceptors (Lipinski definition) is 3. The van der Waals surface area contributed by atoms with Crippen LogP contribution in [-0.4, -0.2) is 55.6 Å². The molecule has 0 saturated carbocycles. The first kappa shape index (κ1) is 20.5. The van der Waals surface area contributed by atoms with Crippen LogP contribution < -0.4 is 10.2 Å². The average Bonchev–Trinajstić information content (AvgIpc) is 2.73. The summed E-state index contributed by atoms with van der Waals surface area (Å²) in [4.78, 5) is 19.4. The van der Waals surface area contributed by atoms with Crippen molar-refractivity contribution in [3.05, 3.63) is 59.1 Å². The van der Waals surface area contributed by atoms with E-state index in [4.69, 9.17) is 11.6 Å². The van der Waals surface area contributed by atoms with Crippen LogP contribution in [0.25, 0.3) is 0 Å². The number of anilines is 2. The number of nitrogens with zero attached hydrogens (tertiary/aromatic N) is 3. The van der Waals surface area contributed by atoms with Gasteiger partial charge in [-0.05, 0) is 43.3 Å². The van der Waals surface area contributed by atoms with Crippen molar-refractivity contribution in [2.45, 2.75) is 19.9 Å². The average molecular weight is 401 g/mol. The molecule has 3 rings (SSSR count). The largest absolute Gasteiger partial charge is 0.367 e. The second kappa shape index (κ2) is 9.30. The van der Waals surface area contributed by atoms with Gasteiger partial charge in [0.15, 0.2) is 0 Å². The quantitative estimate of drug-likeness (QED) is 0.790. The van der Waals surface area contributed by atoms with Crippen molar-refractivity contribution >= 4 is 29.0 Å². The van der Waals surface area contributed by atoms with Gasteiger partial charge in [0, 0.05) is 38.2 Å². The third-order valence-corrected chi connectivity index (χ3v) is 5.81. The Hall–Kier alpha value is -2.24. The molecule has 150 valence electrons. The summed E-state index contributed by atoms with van der Waals surface area (Å²) in [6.07, 6.45) is 0. The van der Waals surface area contributed by atoms with E-state index in [-0.39, 0.29) is 12.1 Å². The molecule has 1 heterocycles. The normalized spacial score (nSPS) is 15.9. The molecule has 2 aromatic carbocycles. The summed E-state index contributed by atoms with van der Waals surface area (Å²) in [7, 11) is 1.82. The predicted octanol–water partition coefficient (Wildman–Crippen LogP) is 4.71. The zero-order valence-electron chi connectivity index (χ0n) is 16.9. The van der Waals surface area contributed by atoms with Gasteiger partial charge in [0.05, 0.1) is 17.4 Å². The van der Waals surface area contributed by atoms with E-state index in [0.29, 0.717) is 5.02 Å². The van der Waals surface area contributed by atoms with E-state index in [1.165, 1.54) is 0 Å². The highest BCUT2D eigenvalue weighted by Gasteiger charge is 2.21. The molecule has 0 radical (unpaired) electrons. The summed E-state index contributed by atoms with van der Waals surface area (Å²) >= 11 is 5.97. The second-order valence-corrected chi connectivity index (χ2v) is 7.64. The number of likely N-dealkylation sites (N-methyl/N-ethyl adjacent to an activating group) is 1. The number of carbonyl (C=O) groups is 1. The van der Waals surface area contributed by atoms with Crippen LogP contribution in [0.2, 0.25) is 5.02 Å². The van der Waals surface area contributed by atoms with Gasteiger partial charge >= 0.3 is 6.03 Å². The number of benzene rings is 2. The van der Waals surface area contributed by atoms with Crippen LogP contribution in [0.3, 0.4) is 0 Å². The zero-order chi connectivity index (χ0) is 20.1. The van der Waals surface area contributed by atoms with Crippen LogP contribution in [0.1, 0.15) is 25.5 Å². The van der Waals surface area contributed by atoms with Gasteiger partial charge in [-0.2, -0.15) is 0 Å². The maximum atomic E-state index is 12.9. The number of amides is 2. The van der Waals surface area contributed by atoms with Gasteiger partial charge in [0.1, 0.15) is 0 Å². The highest BCUT2D eigenvalue weighted by Crippen LogP contribution is 2.28. The Bertz CT molecular complexity index is 787. The van der Waals surface area contributed by atoms with E-state index in [2.05, 4.69) is 28.1 Å². The minimum Gasteiger partial charge on any atom is -0.367 e. The Labute approximate surface area is 172 Å². The Kier molecular flexibility index (Phi) is 6.81. The van der Waals surface area contributed by atoms with Crippen molar-refractivity contribution < 1.29 is 4.79 Å². The molecule has 5 nitrogen and oxygen atoms in total. The van der Waals surface area contributed by atoms with Crippen LogP contribution in [0.4, 0.5) is 16.2 Å². The Morgan fingerprint density at radius 3 is 2.39 bits per heavy atom. The molecule has 28 heavy (non-hydrogen) atoms. The van der Waals surface area contributed by atoms with Gasteiger partial charge in [0.25, 0.3) is 0 Å². The lowest BCUT2D eigenvalue weighted by atomic mass is 10.1. The maximum absolute atomic E-state index is 12.9. The summed E-state index contributed by atoms with van der Waals surface area (Å²) in [5.74, 6) is 0. The molecule has 1 N–H and O–H groups in total. The lowest BCUT2D eigenvalue weighted by molar-refractivity contribution is 0.208. The predicted molar refractivity (Wildman–Crippen MR) is 117 cm³/mol. The molecule has 6 heteroatoms. The maximum Gasteiger partial charge on any atom is 0.322 e. The second-order valence-electron chi connectivity index (χ2n) is 7.21. The number of rotatable bonds is 5. The van der Waals surface area contributed by atoms with Gasteiger partial charge in [-0.1, -0.05) is 42.8 Å². The Morgan fingerprint density at radius 2 is 1.75 bits per heavy atom. The van der Waals surface area contributed by atoms with Crippen LogP contribution in [0.15, 0.2) is 48.5 Å². The number of nitrogens with one attached hydrogen (secondary N) is 1. The summed E-state index contributed by atoms with van der Waals surface area (Å²) in [5.41, 5.74) is 2.98. The molecule has 0 bridgehead atoms. The van der Waals surface area contributed by atoms with Gasteiger partial charge in [-0.15, -0.1) is 0 Å². The highest BCUT2D eigenvalue weighted by molar-refractivity contribution is 6.30. The molecular formula is C22H29ClN4O. The Morgan fingerprint density at radius 1 is 1.11 bits per heavy atom. The summed E-state index contributed by atoms with van der Waals surface area (Å²) in [6.45, 7) is 9.33. The van der Waals surface area contributed by atoms with Crippen molar-refractivity contribution in [2.24, 2.45) is 0 Å². The minimum absolute atomic E-state index is 0.0578. The minimum atomic E-state index is -0.123. The number of urea groups is 1. The molecule has 1 aliphatic rings. The van der Waals surface area contributed by atoms with E-state index in [9.17, 15) is 4.79 Å². The summed E-state index contributed by atoms with van der Waals surface area (Å²) < 4.78 is 0. The summed E-state index contributed by atoms with van der Waals surface area (Å²) in [6, 6.07) is 15.5. The first-order valence-electron chi connectivity index (χ1n) is 9.85. The van der Waals surface area contributed by atoms with Crippen LogP contribution in [0.5, 0.6) is 0 Å². The molecule has 1 unspecified atom stereocenters.